The molecule has 0 aliphatic rings. The van der Waals surface area contributed by atoms with Gasteiger partial charge in [0.1, 0.15) is 5.75 Å². The molecule has 0 aliphatic carbocycles. The summed E-state index contributed by atoms with van der Waals surface area (Å²) < 4.78 is 5.80. The van der Waals surface area contributed by atoms with Gasteiger partial charge in [-0.25, -0.2) is 5.43 Å². The first-order chi connectivity index (χ1) is 12.5. The Kier molecular flexibility index (Phi) is 5.76. The van der Waals surface area contributed by atoms with Gasteiger partial charge in [0.15, 0.2) is 6.10 Å². The highest BCUT2D eigenvalue weighted by Gasteiger charge is 2.15. The van der Waals surface area contributed by atoms with Crippen molar-refractivity contribution in [3.8, 4) is 5.75 Å². The number of benzene rings is 3. The number of nitrogens with zero attached hydrogens (tertiary/aromatic N) is 1. The van der Waals surface area contributed by atoms with Gasteiger partial charge >= 0.3 is 0 Å². The number of halogens is 2. The Hall–Kier alpha value is -2.56. The van der Waals surface area contributed by atoms with E-state index in [1.54, 1.807) is 25.1 Å². The van der Waals surface area contributed by atoms with Gasteiger partial charge in [-0.3, -0.25) is 4.79 Å². The Morgan fingerprint density at radius 3 is 2.69 bits per heavy atom. The van der Waals surface area contributed by atoms with Crippen LogP contribution in [0.2, 0.25) is 10.0 Å². The van der Waals surface area contributed by atoms with Crippen molar-refractivity contribution in [3.05, 3.63) is 76.3 Å². The second-order valence-electron chi connectivity index (χ2n) is 5.64. The third kappa shape index (κ3) is 4.34. The fraction of sp³-hybridized carbons (Fsp3) is 0.100. The van der Waals surface area contributed by atoms with Crippen LogP contribution in [0.3, 0.4) is 0 Å². The molecule has 0 radical (unpaired) electrons. The van der Waals surface area contributed by atoms with Gasteiger partial charge in [-0.15, -0.1) is 0 Å². The topological polar surface area (TPSA) is 50.7 Å². The summed E-state index contributed by atoms with van der Waals surface area (Å²) in [5.74, 6) is 0.287. The zero-order valence-electron chi connectivity index (χ0n) is 13.9. The van der Waals surface area contributed by atoms with Crippen LogP contribution in [-0.2, 0) is 4.79 Å². The maximum absolute atomic E-state index is 12.2. The molecule has 0 saturated carbocycles. The fourth-order valence-corrected chi connectivity index (χ4v) is 2.86. The normalized spacial score (nSPS) is 12.3. The van der Waals surface area contributed by atoms with Crippen LogP contribution in [0.15, 0.2) is 65.8 Å². The molecule has 0 heterocycles. The molecular formula is C20H16Cl2N2O2. The molecule has 3 aromatic carbocycles. The molecule has 0 spiro atoms. The standard InChI is InChI=1S/C20H16Cl2N2O2/c1-13(26-19-8-4-6-14-5-2-3-7-17(14)19)20(25)24-23-12-15-9-10-16(21)11-18(15)22/h2-13H,1H3,(H,24,25)/b23-12+. The molecule has 1 amide bonds. The Labute approximate surface area is 161 Å². The van der Waals surface area contributed by atoms with Gasteiger partial charge in [0.05, 0.1) is 11.2 Å². The van der Waals surface area contributed by atoms with Crippen molar-refractivity contribution in [2.45, 2.75) is 13.0 Å². The predicted octanol–water partition coefficient (Wildman–Crippen LogP) is 5.06. The van der Waals surface area contributed by atoms with Crippen molar-refractivity contribution in [2.24, 2.45) is 5.10 Å². The first kappa shape index (κ1) is 18.2. The van der Waals surface area contributed by atoms with E-state index in [0.29, 0.717) is 21.4 Å². The predicted molar refractivity (Wildman–Crippen MR) is 106 cm³/mol. The highest BCUT2D eigenvalue weighted by molar-refractivity contribution is 6.36. The average molecular weight is 387 g/mol. The van der Waals surface area contributed by atoms with Crippen molar-refractivity contribution in [3.63, 3.8) is 0 Å². The lowest BCUT2D eigenvalue weighted by Gasteiger charge is -2.14. The van der Waals surface area contributed by atoms with E-state index in [1.165, 1.54) is 6.21 Å². The van der Waals surface area contributed by atoms with E-state index in [-0.39, 0.29) is 5.91 Å². The van der Waals surface area contributed by atoms with Crippen LogP contribution >= 0.6 is 23.2 Å². The van der Waals surface area contributed by atoms with Crippen LogP contribution in [0, 0.1) is 0 Å². The van der Waals surface area contributed by atoms with Crippen LogP contribution in [-0.4, -0.2) is 18.2 Å². The number of hydrogen-bond acceptors (Lipinski definition) is 3. The minimum Gasteiger partial charge on any atom is -0.480 e. The lowest BCUT2D eigenvalue weighted by Crippen LogP contribution is -2.33. The summed E-state index contributed by atoms with van der Waals surface area (Å²) in [6.07, 6.45) is 0.750. The molecule has 3 rings (SSSR count). The van der Waals surface area contributed by atoms with Gasteiger partial charge in [-0.2, -0.15) is 5.10 Å². The zero-order chi connectivity index (χ0) is 18.5. The summed E-state index contributed by atoms with van der Waals surface area (Å²) in [4.78, 5) is 12.2. The molecule has 3 aromatic rings. The minimum atomic E-state index is -0.710. The van der Waals surface area contributed by atoms with Crippen molar-refractivity contribution in [1.29, 1.82) is 0 Å². The lowest BCUT2D eigenvalue weighted by atomic mass is 10.1. The van der Waals surface area contributed by atoms with Crippen LogP contribution in [0.5, 0.6) is 5.75 Å². The largest absolute Gasteiger partial charge is 0.480 e. The molecule has 6 heteroatoms. The summed E-state index contributed by atoms with van der Waals surface area (Å²) in [5.41, 5.74) is 3.11. The SMILES string of the molecule is CC(Oc1cccc2ccccc12)C(=O)N/N=C/c1ccc(Cl)cc1Cl. The van der Waals surface area contributed by atoms with Gasteiger partial charge in [0.25, 0.3) is 5.91 Å². The molecule has 0 aromatic heterocycles. The van der Waals surface area contributed by atoms with Gasteiger partial charge < -0.3 is 4.74 Å². The number of amides is 1. The Morgan fingerprint density at radius 2 is 1.88 bits per heavy atom. The number of hydrogen-bond donors (Lipinski definition) is 1. The maximum Gasteiger partial charge on any atom is 0.280 e. The summed E-state index contributed by atoms with van der Waals surface area (Å²) >= 11 is 11.9. The number of hydrazone groups is 1. The Bertz CT molecular complexity index is 968. The van der Waals surface area contributed by atoms with E-state index >= 15 is 0 Å². The second-order valence-corrected chi connectivity index (χ2v) is 6.48. The van der Waals surface area contributed by atoms with Crippen molar-refractivity contribution in [1.82, 2.24) is 5.43 Å². The van der Waals surface area contributed by atoms with E-state index in [9.17, 15) is 4.79 Å². The average Bonchev–Trinajstić information content (AvgIpc) is 2.63. The van der Waals surface area contributed by atoms with Crippen LogP contribution in [0.25, 0.3) is 10.8 Å². The van der Waals surface area contributed by atoms with E-state index in [2.05, 4.69) is 10.5 Å². The molecule has 0 bridgehead atoms. The van der Waals surface area contributed by atoms with Gasteiger partial charge in [0.2, 0.25) is 0 Å². The lowest BCUT2D eigenvalue weighted by molar-refractivity contribution is -0.127. The summed E-state index contributed by atoms with van der Waals surface area (Å²) in [6, 6.07) is 18.6. The smallest absolute Gasteiger partial charge is 0.280 e. The second kappa shape index (κ2) is 8.21. The van der Waals surface area contributed by atoms with E-state index in [4.69, 9.17) is 27.9 Å². The molecule has 26 heavy (non-hydrogen) atoms. The third-order valence-corrected chi connectivity index (χ3v) is 4.33. The van der Waals surface area contributed by atoms with Gasteiger partial charge in [0, 0.05) is 16.0 Å². The van der Waals surface area contributed by atoms with Crippen LogP contribution in [0.4, 0.5) is 0 Å². The molecule has 0 saturated heterocycles. The summed E-state index contributed by atoms with van der Waals surface area (Å²) in [5, 5.41) is 6.91. The Balaban J connectivity index is 1.65. The van der Waals surface area contributed by atoms with Crippen molar-refractivity contribution >= 4 is 46.1 Å². The molecule has 4 nitrogen and oxygen atoms in total. The highest BCUT2D eigenvalue weighted by Crippen LogP contribution is 2.26. The van der Waals surface area contributed by atoms with Crippen molar-refractivity contribution in [2.75, 3.05) is 0 Å². The number of rotatable bonds is 5. The first-order valence-corrected chi connectivity index (χ1v) is 8.72. The first-order valence-electron chi connectivity index (χ1n) is 7.97. The molecule has 1 N–H and O–H groups in total. The number of fused-ring (bicyclic) bond motifs is 1. The van der Waals surface area contributed by atoms with E-state index in [0.717, 1.165) is 10.8 Å². The van der Waals surface area contributed by atoms with Crippen LogP contribution in [0.1, 0.15) is 12.5 Å². The molecular weight excluding hydrogens is 371 g/mol. The molecule has 0 fully saturated rings. The quantitative estimate of drug-likeness (QED) is 0.491. The zero-order valence-corrected chi connectivity index (χ0v) is 15.5. The minimum absolute atomic E-state index is 0.362. The maximum atomic E-state index is 12.2. The number of carbonyl (C=O) groups is 1. The third-order valence-electron chi connectivity index (χ3n) is 3.76. The number of carbonyl (C=O) groups excluding carboxylic acids is 1. The highest BCUT2D eigenvalue weighted by atomic mass is 35.5. The molecule has 1 unspecified atom stereocenters. The van der Waals surface area contributed by atoms with E-state index < -0.39 is 6.10 Å². The monoisotopic (exact) mass is 386 g/mol. The number of ether oxygens (including phenoxy) is 1. The summed E-state index contributed by atoms with van der Waals surface area (Å²) in [6.45, 7) is 1.67. The van der Waals surface area contributed by atoms with E-state index in [1.807, 2.05) is 42.5 Å². The van der Waals surface area contributed by atoms with Gasteiger partial charge in [-0.05, 0) is 30.5 Å². The van der Waals surface area contributed by atoms with Gasteiger partial charge in [-0.1, -0.05) is 65.7 Å². The number of nitrogens with one attached hydrogen (secondary N) is 1. The Morgan fingerprint density at radius 1 is 1.12 bits per heavy atom. The molecule has 0 aliphatic heterocycles. The molecule has 132 valence electrons. The van der Waals surface area contributed by atoms with Crippen molar-refractivity contribution < 1.29 is 9.53 Å². The fourth-order valence-electron chi connectivity index (χ4n) is 2.40. The summed E-state index contributed by atoms with van der Waals surface area (Å²) in [7, 11) is 0. The molecule has 1 atom stereocenters. The van der Waals surface area contributed by atoms with Crippen LogP contribution < -0.4 is 10.2 Å².